The topological polar surface area (TPSA) is 103 Å². The first-order valence-corrected chi connectivity index (χ1v) is 9.58. The van der Waals surface area contributed by atoms with Gasteiger partial charge in [0.25, 0.3) is 0 Å². The first-order valence-electron chi connectivity index (χ1n) is 9.58. The third-order valence-electron chi connectivity index (χ3n) is 5.54. The molecule has 30 heavy (non-hydrogen) atoms. The van der Waals surface area contributed by atoms with Crippen molar-refractivity contribution in [2.45, 2.75) is 6.18 Å². The normalized spacial score (nSPS) is 20.8. The largest absolute Gasteiger partial charge is 0.434 e. The highest BCUT2D eigenvalue weighted by atomic mass is 19.4. The van der Waals surface area contributed by atoms with Gasteiger partial charge in [-0.2, -0.15) is 18.2 Å². The van der Waals surface area contributed by atoms with Crippen molar-refractivity contribution in [1.82, 2.24) is 19.9 Å². The standard InChI is InChI=1S/C18H20F3N7O2/c19-18(20,21)14-11(6-23-15(22)26-14)12-5-13(27-1-3-29-4-2-27)25-16(24-12)28-7-17(8-28)9-30-10-17/h5-6H,1-4,7-10H2,(H2,22,23,26). The SMILES string of the molecule is Nc1ncc(-c2cc(N3CCOCC3)nc(N3CC4(COC4)C3)n2)c(C(F)(F)F)n1. The molecule has 12 heteroatoms. The second-order valence-corrected chi connectivity index (χ2v) is 7.85. The van der Waals surface area contributed by atoms with Gasteiger partial charge in [0.2, 0.25) is 11.9 Å². The van der Waals surface area contributed by atoms with Crippen molar-refractivity contribution < 1.29 is 22.6 Å². The first kappa shape index (κ1) is 19.2. The van der Waals surface area contributed by atoms with Gasteiger partial charge in [-0.3, -0.25) is 0 Å². The molecule has 0 aromatic carbocycles. The molecule has 3 saturated heterocycles. The maximum Gasteiger partial charge on any atom is 0.434 e. The summed E-state index contributed by atoms with van der Waals surface area (Å²) in [5.41, 5.74) is 4.30. The zero-order chi connectivity index (χ0) is 20.9. The molecule has 0 amide bonds. The number of nitrogens with two attached hydrogens (primary N) is 1. The van der Waals surface area contributed by atoms with Crippen LogP contribution in [-0.4, -0.2) is 72.5 Å². The quantitative estimate of drug-likeness (QED) is 0.780. The maximum atomic E-state index is 13.6. The highest BCUT2D eigenvalue weighted by Crippen LogP contribution is 2.41. The second-order valence-electron chi connectivity index (χ2n) is 7.85. The summed E-state index contributed by atoms with van der Waals surface area (Å²) in [6, 6.07) is 1.54. The van der Waals surface area contributed by atoms with Crippen LogP contribution in [0, 0.1) is 5.41 Å². The molecule has 5 heterocycles. The van der Waals surface area contributed by atoms with Crippen LogP contribution in [0.1, 0.15) is 5.69 Å². The van der Waals surface area contributed by atoms with E-state index in [1.807, 2.05) is 9.80 Å². The lowest BCUT2D eigenvalue weighted by molar-refractivity contribution is -0.140. The number of anilines is 3. The third kappa shape index (κ3) is 3.39. The van der Waals surface area contributed by atoms with Crippen LogP contribution in [0.2, 0.25) is 0 Å². The van der Waals surface area contributed by atoms with Crippen LogP contribution in [-0.2, 0) is 15.7 Å². The van der Waals surface area contributed by atoms with Gasteiger partial charge in [-0.25, -0.2) is 15.0 Å². The Labute approximate surface area is 170 Å². The molecule has 0 saturated carbocycles. The molecule has 9 nitrogen and oxygen atoms in total. The Morgan fingerprint density at radius 1 is 1.00 bits per heavy atom. The van der Waals surface area contributed by atoms with E-state index in [4.69, 9.17) is 15.2 Å². The van der Waals surface area contributed by atoms with E-state index < -0.39 is 17.8 Å². The lowest BCUT2D eigenvalue weighted by atomic mass is 9.78. The van der Waals surface area contributed by atoms with Crippen LogP contribution in [0.5, 0.6) is 0 Å². The minimum Gasteiger partial charge on any atom is -0.380 e. The molecule has 1 spiro atoms. The number of aromatic nitrogens is 4. The Kier molecular flexibility index (Phi) is 4.43. The van der Waals surface area contributed by atoms with Gasteiger partial charge in [0.05, 0.1) is 37.5 Å². The number of morpholine rings is 1. The van der Waals surface area contributed by atoms with Crippen molar-refractivity contribution in [3.8, 4) is 11.3 Å². The van der Waals surface area contributed by atoms with Crippen LogP contribution < -0.4 is 15.5 Å². The predicted octanol–water partition coefficient (Wildman–Crippen LogP) is 1.21. The zero-order valence-corrected chi connectivity index (χ0v) is 16.0. The van der Waals surface area contributed by atoms with Gasteiger partial charge in [-0.1, -0.05) is 0 Å². The molecular formula is C18H20F3N7O2. The minimum absolute atomic E-state index is 0.111. The summed E-state index contributed by atoms with van der Waals surface area (Å²) < 4.78 is 51.5. The molecule has 0 aliphatic carbocycles. The smallest absolute Gasteiger partial charge is 0.380 e. The Bertz CT molecular complexity index is 953. The summed E-state index contributed by atoms with van der Waals surface area (Å²) in [7, 11) is 0. The molecule has 2 aromatic heterocycles. The van der Waals surface area contributed by atoms with E-state index in [9.17, 15) is 13.2 Å². The molecule has 2 aromatic rings. The van der Waals surface area contributed by atoms with E-state index in [-0.39, 0.29) is 16.7 Å². The van der Waals surface area contributed by atoms with E-state index in [1.54, 1.807) is 6.07 Å². The number of alkyl halides is 3. The average molecular weight is 423 g/mol. The molecule has 0 atom stereocenters. The van der Waals surface area contributed by atoms with Crippen LogP contribution in [0.15, 0.2) is 12.3 Å². The number of halogens is 3. The Morgan fingerprint density at radius 2 is 1.73 bits per heavy atom. The molecule has 3 fully saturated rings. The van der Waals surface area contributed by atoms with Crippen molar-refractivity contribution >= 4 is 17.7 Å². The first-order chi connectivity index (χ1) is 14.3. The van der Waals surface area contributed by atoms with Gasteiger partial charge in [0.1, 0.15) is 5.82 Å². The van der Waals surface area contributed by atoms with Crippen molar-refractivity contribution in [3.63, 3.8) is 0 Å². The summed E-state index contributed by atoms with van der Waals surface area (Å²) in [5.74, 6) is 0.494. The summed E-state index contributed by atoms with van der Waals surface area (Å²) in [4.78, 5) is 20.2. The number of hydrogen-bond acceptors (Lipinski definition) is 9. The number of rotatable bonds is 3. The summed E-state index contributed by atoms with van der Waals surface area (Å²) in [5, 5.41) is 0. The fourth-order valence-electron chi connectivity index (χ4n) is 3.93. The van der Waals surface area contributed by atoms with Gasteiger partial charge in [0.15, 0.2) is 5.69 Å². The predicted molar refractivity (Wildman–Crippen MR) is 101 cm³/mol. The molecule has 0 unspecified atom stereocenters. The summed E-state index contributed by atoms with van der Waals surface area (Å²) >= 11 is 0. The van der Waals surface area contributed by atoms with Crippen molar-refractivity contribution in [2.24, 2.45) is 5.41 Å². The lowest BCUT2D eigenvalue weighted by Crippen LogP contribution is -2.66. The van der Waals surface area contributed by atoms with Gasteiger partial charge < -0.3 is 25.0 Å². The number of hydrogen-bond donors (Lipinski definition) is 1. The monoisotopic (exact) mass is 423 g/mol. The Morgan fingerprint density at radius 3 is 2.37 bits per heavy atom. The number of nitrogen functional groups attached to an aromatic ring is 1. The van der Waals surface area contributed by atoms with Gasteiger partial charge in [-0.15, -0.1) is 0 Å². The Hall–Kier alpha value is -2.73. The van der Waals surface area contributed by atoms with Crippen LogP contribution in [0.4, 0.5) is 30.9 Å². The van der Waals surface area contributed by atoms with Crippen LogP contribution >= 0.6 is 0 Å². The van der Waals surface area contributed by atoms with E-state index in [0.29, 0.717) is 64.4 Å². The minimum atomic E-state index is -4.69. The third-order valence-corrected chi connectivity index (χ3v) is 5.54. The average Bonchev–Trinajstić information content (AvgIpc) is 2.65. The molecular weight excluding hydrogens is 403 g/mol. The molecule has 160 valence electrons. The zero-order valence-electron chi connectivity index (χ0n) is 16.0. The molecule has 3 aliphatic heterocycles. The van der Waals surface area contributed by atoms with E-state index >= 15 is 0 Å². The van der Waals surface area contributed by atoms with Crippen molar-refractivity contribution in [2.75, 3.05) is 68.1 Å². The molecule has 5 rings (SSSR count). The number of nitrogens with zero attached hydrogens (tertiary/aromatic N) is 6. The molecule has 0 bridgehead atoms. The Balaban J connectivity index is 1.57. The maximum absolute atomic E-state index is 13.6. The summed E-state index contributed by atoms with van der Waals surface area (Å²) in [6.45, 7) is 5.03. The molecule has 3 aliphatic rings. The van der Waals surface area contributed by atoms with Crippen molar-refractivity contribution in [1.29, 1.82) is 0 Å². The fourth-order valence-corrected chi connectivity index (χ4v) is 3.93. The highest BCUT2D eigenvalue weighted by molar-refractivity contribution is 5.68. The van der Waals surface area contributed by atoms with Crippen LogP contribution in [0.3, 0.4) is 0 Å². The fraction of sp³-hybridized carbons (Fsp3) is 0.556. The second kappa shape index (κ2) is 6.91. The van der Waals surface area contributed by atoms with Crippen molar-refractivity contribution in [3.05, 3.63) is 18.0 Å². The lowest BCUT2D eigenvalue weighted by Gasteiger charge is -2.55. The van der Waals surface area contributed by atoms with Gasteiger partial charge >= 0.3 is 6.18 Å². The van der Waals surface area contributed by atoms with Gasteiger partial charge in [-0.05, 0) is 0 Å². The van der Waals surface area contributed by atoms with E-state index in [2.05, 4.69) is 19.9 Å². The molecule has 2 N–H and O–H groups in total. The van der Waals surface area contributed by atoms with Gasteiger partial charge in [0, 0.05) is 44.0 Å². The van der Waals surface area contributed by atoms with E-state index in [0.717, 1.165) is 6.20 Å². The number of ether oxygens (including phenoxy) is 2. The van der Waals surface area contributed by atoms with Crippen LogP contribution in [0.25, 0.3) is 11.3 Å². The highest BCUT2D eigenvalue weighted by Gasteiger charge is 2.50. The summed E-state index contributed by atoms with van der Waals surface area (Å²) in [6.07, 6.45) is -3.63. The van der Waals surface area contributed by atoms with E-state index in [1.165, 1.54) is 0 Å². The molecule has 0 radical (unpaired) electrons.